The highest BCUT2D eigenvalue weighted by Crippen LogP contribution is 2.31. The first-order valence-electron chi connectivity index (χ1n) is 9.14. The summed E-state index contributed by atoms with van der Waals surface area (Å²) < 4.78 is 11.6. The number of hydrogen-bond donors (Lipinski definition) is 0. The highest BCUT2D eigenvalue weighted by atomic mass is 16.5. The van der Waals surface area contributed by atoms with Crippen LogP contribution in [-0.2, 0) is 0 Å². The van der Waals surface area contributed by atoms with E-state index in [1.54, 1.807) is 12.3 Å². The minimum atomic E-state index is 0.238. The molecule has 0 saturated heterocycles. The number of aliphatic imine (C=N–C) groups is 1. The Morgan fingerprint density at radius 3 is 2.57 bits per heavy atom. The molecule has 3 aromatic rings. The Kier molecular flexibility index (Phi) is 6.22. The fourth-order valence-corrected chi connectivity index (χ4v) is 2.40. The molecule has 144 valence electrons. The Balaban J connectivity index is 1.77. The van der Waals surface area contributed by atoms with E-state index in [-0.39, 0.29) is 6.01 Å². The SMILES string of the molecule is CCN(C)C=Nc1cc(C)c(Oc2ccnc(Oc3ccccc3)n2)cc1C. The van der Waals surface area contributed by atoms with Crippen LogP contribution in [0.4, 0.5) is 5.69 Å². The molecule has 1 aromatic heterocycles. The smallest absolute Gasteiger partial charge is 0.325 e. The average Bonchev–Trinajstić information content (AvgIpc) is 2.70. The highest BCUT2D eigenvalue weighted by molar-refractivity contribution is 5.64. The van der Waals surface area contributed by atoms with Gasteiger partial charge in [-0.05, 0) is 56.2 Å². The second-order valence-electron chi connectivity index (χ2n) is 6.42. The summed E-state index contributed by atoms with van der Waals surface area (Å²) in [5.74, 6) is 1.82. The number of hydrogen-bond acceptors (Lipinski definition) is 5. The van der Waals surface area contributed by atoms with Gasteiger partial charge in [-0.25, -0.2) is 9.98 Å². The Bertz CT molecular complexity index is 958. The van der Waals surface area contributed by atoms with Gasteiger partial charge < -0.3 is 14.4 Å². The molecule has 0 saturated carbocycles. The molecule has 0 aliphatic heterocycles. The molecule has 6 heteroatoms. The molecule has 3 rings (SSSR count). The maximum atomic E-state index is 5.98. The van der Waals surface area contributed by atoms with Gasteiger partial charge in [-0.15, -0.1) is 0 Å². The van der Waals surface area contributed by atoms with Crippen LogP contribution in [0.25, 0.3) is 0 Å². The van der Waals surface area contributed by atoms with Crippen LogP contribution in [0.15, 0.2) is 59.7 Å². The highest BCUT2D eigenvalue weighted by Gasteiger charge is 2.09. The maximum absolute atomic E-state index is 5.98. The first-order valence-corrected chi connectivity index (χ1v) is 9.14. The second kappa shape index (κ2) is 8.99. The molecule has 0 spiro atoms. The van der Waals surface area contributed by atoms with Crippen LogP contribution in [0, 0.1) is 13.8 Å². The Hall–Kier alpha value is -3.41. The molecule has 6 nitrogen and oxygen atoms in total. The van der Waals surface area contributed by atoms with Crippen LogP contribution < -0.4 is 9.47 Å². The Morgan fingerprint density at radius 2 is 1.82 bits per heavy atom. The predicted octanol–water partition coefficient (Wildman–Crippen LogP) is 5.29. The second-order valence-corrected chi connectivity index (χ2v) is 6.42. The number of nitrogens with zero attached hydrogens (tertiary/aromatic N) is 4. The largest absolute Gasteiger partial charge is 0.439 e. The monoisotopic (exact) mass is 376 g/mol. The van der Waals surface area contributed by atoms with Gasteiger partial charge in [0.2, 0.25) is 5.88 Å². The van der Waals surface area contributed by atoms with Crippen molar-refractivity contribution in [1.29, 1.82) is 0 Å². The van der Waals surface area contributed by atoms with Crippen molar-refractivity contribution in [2.45, 2.75) is 20.8 Å². The first kappa shape index (κ1) is 19.4. The number of aryl methyl sites for hydroxylation is 2. The molecule has 0 amide bonds. The van der Waals surface area contributed by atoms with Crippen LogP contribution in [0.2, 0.25) is 0 Å². The summed E-state index contributed by atoms with van der Waals surface area (Å²) in [7, 11) is 1.99. The van der Waals surface area contributed by atoms with E-state index < -0.39 is 0 Å². The molecular weight excluding hydrogens is 352 g/mol. The third-order valence-electron chi connectivity index (χ3n) is 4.16. The van der Waals surface area contributed by atoms with Crippen molar-refractivity contribution in [3.8, 4) is 23.4 Å². The summed E-state index contributed by atoms with van der Waals surface area (Å²) in [6.45, 7) is 6.98. The van der Waals surface area contributed by atoms with Gasteiger partial charge in [0, 0.05) is 25.9 Å². The number of benzene rings is 2. The van der Waals surface area contributed by atoms with Crippen molar-refractivity contribution in [1.82, 2.24) is 14.9 Å². The molecular formula is C22H24N4O2. The van der Waals surface area contributed by atoms with Gasteiger partial charge >= 0.3 is 6.01 Å². The van der Waals surface area contributed by atoms with Crippen LogP contribution in [-0.4, -0.2) is 34.8 Å². The van der Waals surface area contributed by atoms with E-state index in [2.05, 4.69) is 21.9 Å². The van der Waals surface area contributed by atoms with Crippen molar-refractivity contribution in [2.75, 3.05) is 13.6 Å². The lowest BCUT2D eigenvalue weighted by atomic mass is 10.1. The number of para-hydroxylation sites is 1. The summed E-state index contributed by atoms with van der Waals surface area (Å²) in [6, 6.07) is 15.3. The molecule has 1 heterocycles. The molecule has 0 aliphatic rings. The molecule has 0 radical (unpaired) electrons. The van der Waals surface area contributed by atoms with Crippen LogP contribution >= 0.6 is 0 Å². The van der Waals surface area contributed by atoms with E-state index in [4.69, 9.17) is 9.47 Å². The molecule has 0 unspecified atom stereocenters. The molecule has 0 atom stereocenters. The molecule has 0 bridgehead atoms. The van der Waals surface area contributed by atoms with E-state index in [1.807, 2.05) is 74.6 Å². The minimum Gasteiger partial charge on any atom is -0.439 e. The van der Waals surface area contributed by atoms with E-state index in [0.29, 0.717) is 11.6 Å². The van der Waals surface area contributed by atoms with Gasteiger partial charge in [-0.1, -0.05) is 18.2 Å². The number of rotatable bonds is 7. The van der Waals surface area contributed by atoms with E-state index >= 15 is 0 Å². The fourth-order valence-electron chi connectivity index (χ4n) is 2.40. The third-order valence-corrected chi connectivity index (χ3v) is 4.16. The summed E-state index contributed by atoms with van der Waals surface area (Å²) in [6.07, 6.45) is 3.45. The minimum absolute atomic E-state index is 0.238. The lowest BCUT2D eigenvalue weighted by molar-refractivity contribution is 0.410. The van der Waals surface area contributed by atoms with E-state index in [1.165, 1.54) is 0 Å². The van der Waals surface area contributed by atoms with Crippen LogP contribution in [0.1, 0.15) is 18.1 Å². The standard InChI is InChI=1S/C22H24N4O2/c1-5-26(4)15-24-19-13-17(3)20(14-16(19)2)28-21-11-12-23-22(25-21)27-18-9-7-6-8-10-18/h6-15H,5H2,1-4H3. The van der Waals surface area contributed by atoms with Crippen molar-refractivity contribution >= 4 is 12.0 Å². The Labute approximate surface area is 165 Å². The zero-order chi connectivity index (χ0) is 19.9. The van der Waals surface area contributed by atoms with Gasteiger partial charge in [0.25, 0.3) is 0 Å². The first-order chi connectivity index (χ1) is 13.5. The van der Waals surface area contributed by atoms with Crippen LogP contribution in [0.5, 0.6) is 23.4 Å². The van der Waals surface area contributed by atoms with Crippen molar-refractivity contribution in [2.24, 2.45) is 4.99 Å². The fraction of sp³-hybridized carbons (Fsp3) is 0.227. The van der Waals surface area contributed by atoms with Crippen molar-refractivity contribution in [3.05, 3.63) is 65.9 Å². The summed E-state index contributed by atoms with van der Waals surface area (Å²) in [5, 5.41) is 0. The van der Waals surface area contributed by atoms with E-state index in [9.17, 15) is 0 Å². The van der Waals surface area contributed by atoms with Crippen LogP contribution in [0.3, 0.4) is 0 Å². The Morgan fingerprint density at radius 1 is 1.04 bits per heavy atom. The number of ether oxygens (including phenoxy) is 2. The topological polar surface area (TPSA) is 59.8 Å². The van der Waals surface area contributed by atoms with Gasteiger partial charge in [0.1, 0.15) is 11.5 Å². The zero-order valence-corrected chi connectivity index (χ0v) is 16.6. The molecule has 28 heavy (non-hydrogen) atoms. The van der Waals surface area contributed by atoms with Gasteiger partial charge in [-0.2, -0.15) is 4.98 Å². The lowest BCUT2D eigenvalue weighted by Gasteiger charge is -2.12. The molecule has 0 aliphatic carbocycles. The summed E-state index contributed by atoms with van der Waals surface area (Å²) in [4.78, 5) is 15.0. The number of aromatic nitrogens is 2. The van der Waals surface area contributed by atoms with Gasteiger partial charge in [0.15, 0.2) is 0 Å². The zero-order valence-electron chi connectivity index (χ0n) is 16.6. The normalized spacial score (nSPS) is 10.9. The predicted molar refractivity (Wildman–Crippen MR) is 111 cm³/mol. The molecule has 2 aromatic carbocycles. The molecule has 0 fully saturated rings. The van der Waals surface area contributed by atoms with Crippen molar-refractivity contribution in [3.63, 3.8) is 0 Å². The maximum Gasteiger partial charge on any atom is 0.325 e. The van der Waals surface area contributed by atoms with Gasteiger partial charge in [0.05, 0.1) is 12.0 Å². The summed E-state index contributed by atoms with van der Waals surface area (Å²) in [5.41, 5.74) is 2.91. The summed E-state index contributed by atoms with van der Waals surface area (Å²) >= 11 is 0. The third kappa shape index (κ3) is 5.07. The van der Waals surface area contributed by atoms with Gasteiger partial charge in [-0.3, -0.25) is 0 Å². The lowest BCUT2D eigenvalue weighted by Crippen LogP contribution is -2.14. The van der Waals surface area contributed by atoms with E-state index in [0.717, 1.165) is 29.1 Å². The molecule has 0 N–H and O–H groups in total. The average molecular weight is 376 g/mol. The van der Waals surface area contributed by atoms with Crippen molar-refractivity contribution < 1.29 is 9.47 Å². The quantitative estimate of drug-likeness (QED) is 0.414.